The van der Waals surface area contributed by atoms with E-state index in [9.17, 15) is 4.79 Å². The Kier molecular flexibility index (Phi) is 2.90. The highest BCUT2D eigenvalue weighted by Gasteiger charge is 2.14. The van der Waals surface area contributed by atoms with Crippen molar-refractivity contribution in [3.8, 4) is 0 Å². The van der Waals surface area contributed by atoms with E-state index in [4.69, 9.17) is 5.11 Å². The van der Waals surface area contributed by atoms with Crippen LogP contribution in [0.25, 0.3) is 0 Å². The minimum Gasteiger partial charge on any atom is -0.450 e. The average molecular weight is 172 g/mol. The topological polar surface area (TPSA) is 70.9 Å². The third kappa shape index (κ3) is 2.77. The number of ether oxygens (including phenoxy) is 1. The van der Waals surface area contributed by atoms with Gasteiger partial charge in [-0.05, 0) is 13.3 Å². The Morgan fingerprint density at radius 3 is 3.25 bits per heavy atom. The largest absolute Gasteiger partial charge is 0.507 e. The maximum atomic E-state index is 10.2. The van der Waals surface area contributed by atoms with Crippen LogP contribution in [0.5, 0.6) is 0 Å². The lowest BCUT2D eigenvalue weighted by Gasteiger charge is -2.07. The van der Waals surface area contributed by atoms with E-state index in [1.807, 2.05) is 0 Å². The second-order valence-electron chi connectivity index (χ2n) is 2.62. The van der Waals surface area contributed by atoms with Crippen molar-refractivity contribution >= 4 is 12.0 Å². The maximum Gasteiger partial charge on any atom is 0.507 e. The van der Waals surface area contributed by atoms with Crippen LogP contribution in [0, 0.1) is 0 Å². The molecule has 1 aliphatic heterocycles. The van der Waals surface area contributed by atoms with Gasteiger partial charge in [-0.1, -0.05) is 0 Å². The van der Waals surface area contributed by atoms with Crippen molar-refractivity contribution in [1.29, 1.82) is 0 Å². The number of nitrogens with zero attached hydrogens (tertiary/aromatic N) is 1. The van der Waals surface area contributed by atoms with Crippen LogP contribution in [0.15, 0.2) is 4.99 Å². The lowest BCUT2D eigenvalue weighted by atomic mass is 10.3. The lowest BCUT2D eigenvalue weighted by molar-refractivity contribution is 0.0521. The van der Waals surface area contributed by atoms with E-state index < -0.39 is 12.4 Å². The van der Waals surface area contributed by atoms with Gasteiger partial charge >= 0.3 is 6.16 Å². The van der Waals surface area contributed by atoms with Crippen LogP contribution in [-0.2, 0) is 4.74 Å². The number of rotatable bonds is 1. The van der Waals surface area contributed by atoms with Crippen LogP contribution in [0.4, 0.5) is 4.79 Å². The molecule has 0 aliphatic carbocycles. The van der Waals surface area contributed by atoms with Crippen molar-refractivity contribution in [2.75, 3.05) is 6.54 Å². The lowest BCUT2D eigenvalue weighted by Crippen LogP contribution is -2.20. The molecule has 12 heavy (non-hydrogen) atoms. The summed E-state index contributed by atoms with van der Waals surface area (Å²) in [5.74, 6) is 0.735. The molecule has 1 aliphatic rings. The fraction of sp³-hybridized carbons (Fsp3) is 0.714. The Morgan fingerprint density at radius 1 is 1.83 bits per heavy atom. The molecule has 0 fully saturated rings. The second kappa shape index (κ2) is 3.94. The molecule has 68 valence electrons. The van der Waals surface area contributed by atoms with Crippen molar-refractivity contribution in [2.24, 2.45) is 4.99 Å². The first-order valence-electron chi connectivity index (χ1n) is 3.86. The van der Waals surface area contributed by atoms with Gasteiger partial charge in [0.25, 0.3) is 0 Å². The molecule has 0 amide bonds. The predicted octanol–water partition coefficient (Wildman–Crippen LogP) is 0.809. The highest BCUT2D eigenvalue weighted by atomic mass is 16.7. The van der Waals surface area contributed by atoms with Crippen molar-refractivity contribution in [1.82, 2.24) is 5.32 Å². The quantitative estimate of drug-likeness (QED) is 0.574. The molecule has 1 rings (SSSR count). The third-order valence-corrected chi connectivity index (χ3v) is 1.58. The zero-order chi connectivity index (χ0) is 8.97. The first-order chi connectivity index (χ1) is 5.68. The van der Waals surface area contributed by atoms with Gasteiger partial charge in [0, 0.05) is 13.0 Å². The normalized spacial score (nSPS) is 23.4. The molecule has 5 heteroatoms. The molecule has 0 radical (unpaired) electrons. The number of carbonyl (C=O) groups is 1. The highest BCUT2D eigenvalue weighted by Crippen LogP contribution is 2.06. The van der Waals surface area contributed by atoms with E-state index in [0.29, 0.717) is 6.42 Å². The van der Waals surface area contributed by atoms with Gasteiger partial charge in [-0.25, -0.2) is 9.79 Å². The van der Waals surface area contributed by atoms with E-state index in [0.717, 1.165) is 18.8 Å². The van der Waals surface area contributed by atoms with Crippen LogP contribution in [-0.4, -0.2) is 29.9 Å². The molecular formula is C7H12N2O3. The van der Waals surface area contributed by atoms with Crippen LogP contribution in [0.3, 0.4) is 0 Å². The molecule has 0 saturated carbocycles. The van der Waals surface area contributed by atoms with Crippen LogP contribution >= 0.6 is 0 Å². The van der Waals surface area contributed by atoms with Gasteiger partial charge in [0.2, 0.25) is 0 Å². The molecule has 5 nitrogen and oxygen atoms in total. The Bertz CT molecular complexity index is 203. The monoisotopic (exact) mass is 172 g/mol. The molecule has 0 aromatic carbocycles. The molecule has 0 spiro atoms. The van der Waals surface area contributed by atoms with Crippen LogP contribution in [0.2, 0.25) is 0 Å². The van der Waals surface area contributed by atoms with Gasteiger partial charge in [-0.3, -0.25) is 0 Å². The van der Waals surface area contributed by atoms with Crippen LogP contribution in [0.1, 0.15) is 19.8 Å². The molecule has 0 unspecified atom stereocenters. The second-order valence-corrected chi connectivity index (χ2v) is 2.62. The zero-order valence-corrected chi connectivity index (χ0v) is 6.91. The number of aliphatic imine (C=N–C) groups is 1. The van der Waals surface area contributed by atoms with Gasteiger partial charge in [-0.2, -0.15) is 0 Å². The fourth-order valence-electron chi connectivity index (χ4n) is 1.07. The summed E-state index contributed by atoms with van der Waals surface area (Å²) in [5.41, 5.74) is 0. The number of carboxylic acid groups (broad SMARTS) is 1. The fourth-order valence-corrected chi connectivity index (χ4v) is 1.07. The molecule has 2 N–H and O–H groups in total. The van der Waals surface area contributed by atoms with E-state index in [2.05, 4.69) is 15.0 Å². The summed E-state index contributed by atoms with van der Waals surface area (Å²) < 4.78 is 4.53. The summed E-state index contributed by atoms with van der Waals surface area (Å²) in [6, 6.07) is 0. The Balaban J connectivity index is 2.50. The van der Waals surface area contributed by atoms with Gasteiger partial charge in [0.15, 0.2) is 6.23 Å². The standard InChI is InChI=1S/C7H12N2O3/c1-5-8-4-2-3-6(9-5)12-7(10)11/h6H,2-4H2,1H3,(H,8,9)(H,10,11)/t6-/m0/s1. The Labute approximate surface area is 70.4 Å². The van der Waals surface area contributed by atoms with Crippen molar-refractivity contribution in [3.05, 3.63) is 0 Å². The van der Waals surface area contributed by atoms with E-state index in [1.54, 1.807) is 6.92 Å². The van der Waals surface area contributed by atoms with Gasteiger partial charge in [0.1, 0.15) is 0 Å². The summed E-state index contributed by atoms with van der Waals surface area (Å²) >= 11 is 0. The van der Waals surface area contributed by atoms with Crippen LogP contribution < -0.4 is 5.32 Å². The zero-order valence-electron chi connectivity index (χ0n) is 6.91. The van der Waals surface area contributed by atoms with Gasteiger partial charge < -0.3 is 15.2 Å². The van der Waals surface area contributed by atoms with Gasteiger partial charge in [0.05, 0.1) is 5.84 Å². The number of amidine groups is 1. The third-order valence-electron chi connectivity index (χ3n) is 1.58. The van der Waals surface area contributed by atoms with Crippen molar-refractivity contribution in [3.63, 3.8) is 0 Å². The number of nitrogens with one attached hydrogen (secondary N) is 1. The van der Waals surface area contributed by atoms with E-state index in [-0.39, 0.29) is 0 Å². The summed E-state index contributed by atoms with van der Waals surface area (Å²) in [6.45, 7) is 2.62. The first-order valence-corrected chi connectivity index (χ1v) is 3.86. The SMILES string of the molecule is CC1=N[C@@H](OC(=O)O)CCCN1. The number of hydrogen-bond acceptors (Lipinski definition) is 4. The Morgan fingerprint density at radius 2 is 2.58 bits per heavy atom. The summed E-state index contributed by atoms with van der Waals surface area (Å²) in [6.07, 6.45) is -0.272. The van der Waals surface area contributed by atoms with Gasteiger partial charge in [-0.15, -0.1) is 0 Å². The molecule has 0 bridgehead atoms. The number of hydrogen-bond donors (Lipinski definition) is 2. The van der Waals surface area contributed by atoms with E-state index >= 15 is 0 Å². The maximum absolute atomic E-state index is 10.2. The molecular weight excluding hydrogens is 160 g/mol. The summed E-state index contributed by atoms with van der Waals surface area (Å²) in [5, 5.41) is 11.4. The predicted molar refractivity (Wildman–Crippen MR) is 43.2 cm³/mol. The summed E-state index contributed by atoms with van der Waals surface area (Å²) in [4.78, 5) is 14.2. The molecule has 0 saturated heterocycles. The van der Waals surface area contributed by atoms with Crippen molar-refractivity contribution < 1.29 is 14.6 Å². The smallest absolute Gasteiger partial charge is 0.450 e. The molecule has 0 aromatic heterocycles. The first kappa shape index (κ1) is 8.83. The minimum atomic E-state index is -1.27. The minimum absolute atomic E-state index is 0.530. The average Bonchev–Trinajstić information content (AvgIpc) is 2.12. The molecule has 0 aromatic rings. The molecule has 1 atom stereocenters. The molecule has 1 heterocycles. The van der Waals surface area contributed by atoms with Crippen molar-refractivity contribution in [2.45, 2.75) is 26.0 Å². The highest BCUT2D eigenvalue weighted by molar-refractivity contribution is 5.79. The van der Waals surface area contributed by atoms with E-state index in [1.165, 1.54) is 0 Å². The summed E-state index contributed by atoms with van der Waals surface area (Å²) in [7, 11) is 0. The Hall–Kier alpha value is -1.26.